The van der Waals surface area contributed by atoms with Gasteiger partial charge in [0.1, 0.15) is 5.01 Å². The van der Waals surface area contributed by atoms with E-state index in [4.69, 9.17) is 0 Å². The van der Waals surface area contributed by atoms with Gasteiger partial charge in [-0.05, 0) is 18.1 Å². The number of ether oxygens (including phenoxy) is 1. The molecule has 0 atom stereocenters. The minimum absolute atomic E-state index is 0.132. The summed E-state index contributed by atoms with van der Waals surface area (Å²) in [6.45, 7) is 2.60. The fourth-order valence-electron chi connectivity index (χ4n) is 2.38. The number of benzene rings is 1. The number of hydrogen-bond acceptors (Lipinski definition) is 6. The third kappa shape index (κ3) is 6.57. The number of sulfonamides is 1. The molecule has 0 unspecified atom stereocenters. The standard InChI is InChI=1S/C19H24N2O4S2/c1-3-4-8-12-21(14-18-20-17(15-26-18)19(22)25-2)27(23,24)13-11-16-9-6-5-7-10-16/h5-7,9-11,13,15H,3-4,8,12,14H2,1-2H3/b13-11+. The van der Waals surface area contributed by atoms with E-state index < -0.39 is 16.0 Å². The lowest BCUT2D eigenvalue weighted by Crippen LogP contribution is -2.30. The Morgan fingerprint density at radius 3 is 2.67 bits per heavy atom. The molecule has 0 saturated carbocycles. The van der Waals surface area contributed by atoms with Crippen molar-refractivity contribution in [1.82, 2.24) is 9.29 Å². The third-order valence-electron chi connectivity index (χ3n) is 3.86. The number of unbranched alkanes of at least 4 members (excludes halogenated alkanes) is 2. The normalized spacial score (nSPS) is 12.0. The average Bonchev–Trinajstić information content (AvgIpc) is 3.14. The van der Waals surface area contributed by atoms with Gasteiger partial charge in [0.25, 0.3) is 0 Å². The van der Waals surface area contributed by atoms with Gasteiger partial charge in [0.15, 0.2) is 5.69 Å². The first-order valence-corrected chi connectivity index (χ1v) is 11.1. The Morgan fingerprint density at radius 1 is 1.26 bits per heavy atom. The second kappa shape index (κ2) is 10.3. The molecule has 8 heteroatoms. The summed E-state index contributed by atoms with van der Waals surface area (Å²) in [5.41, 5.74) is 1.01. The van der Waals surface area contributed by atoms with Crippen LogP contribution in [0.1, 0.15) is 47.2 Å². The molecular formula is C19H24N2O4S2. The first-order valence-electron chi connectivity index (χ1n) is 8.72. The Bertz CT molecular complexity index is 861. The van der Waals surface area contributed by atoms with E-state index in [1.165, 1.54) is 28.2 Å². The van der Waals surface area contributed by atoms with Crippen molar-refractivity contribution >= 4 is 33.4 Å². The molecule has 6 nitrogen and oxygen atoms in total. The zero-order valence-electron chi connectivity index (χ0n) is 15.5. The number of thiazole rings is 1. The highest BCUT2D eigenvalue weighted by atomic mass is 32.2. The molecule has 1 heterocycles. The van der Waals surface area contributed by atoms with E-state index in [-0.39, 0.29) is 12.2 Å². The second-order valence-electron chi connectivity index (χ2n) is 5.92. The van der Waals surface area contributed by atoms with E-state index >= 15 is 0 Å². The van der Waals surface area contributed by atoms with E-state index in [2.05, 4.69) is 16.6 Å². The topological polar surface area (TPSA) is 76.6 Å². The van der Waals surface area contributed by atoms with Crippen LogP contribution in [-0.2, 0) is 21.3 Å². The Hall–Kier alpha value is -2.03. The van der Waals surface area contributed by atoms with Crippen LogP contribution in [0, 0.1) is 0 Å². The lowest BCUT2D eigenvalue weighted by molar-refractivity contribution is 0.0594. The number of carbonyl (C=O) groups is 1. The van der Waals surface area contributed by atoms with E-state index in [0.29, 0.717) is 11.6 Å². The fraction of sp³-hybridized carbons (Fsp3) is 0.368. The summed E-state index contributed by atoms with van der Waals surface area (Å²) < 4.78 is 31.7. The minimum Gasteiger partial charge on any atom is -0.464 e. The third-order valence-corrected chi connectivity index (χ3v) is 6.21. The van der Waals surface area contributed by atoms with Gasteiger partial charge < -0.3 is 4.74 Å². The van der Waals surface area contributed by atoms with Crippen molar-refractivity contribution in [2.75, 3.05) is 13.7 Å². The summed E-state index contributed by atoms with van der Waals surface area (Å²) >= 11 is 1.25. The Kier molecular flexibility index (Phi) is 8.15. The monoisotopic (exact) mass is 408 g/mol. The highest BCUT2D eigenvalue weighted by Crippen LogP contribution is 2.18. The van der Waals surface area contributed by atoms with Crippen molar-refractivity contribution in [3.63, 3.8) is 0 Å². The van der Waals surface area contributed by atoms with Crippen LogP contribution in [0.4, 0.5) is 0 Å². The second-order valence-corrected chi connectivity index (χ2v) is 8.68. The zero-order valence-corrected chi connectivity index (χ0v) is 17.1. The minimum atomic E-state index is -3.61. The number of hydrogen-bond donors (Lipinski definition) is 0. The van der Waals surface area contributed by atoms with Gasteiger partial charge in [-0.15, -0.1) is 11.3 Å². The first-order chi connectivity index (χ1) is 13.0. The molecule has 146 valence electrons. The Balaban J connectivity index is 2.18. The van der Waals surface area contributed by atoms with Gasteiger partial charge in [-0.2, -0.15) is 4.31 Å². The van der Waals surface area contributed by atoms with Crippen LogP contribution < -0.4 is 0 Å². The molecule has 0 saturated heterocycles. The lowest BCUT2D eigenvalue weighted by atomic mass is 10.2. The molecule has 27 heavy (non-hydrogen) atoms. The molecule has 0 aliphatic heterocycles. The van der Waals surface area contributed by atoms with Crippen molar-refractivity contribution in [3.8, 4) is 0 Å². The Morgan fingerprint density at radius 2 is 2.00 bits per heavy atom. The lowest BCUT2D eigenvalue weighted by Gasteiger charge is -2.19. The Labute approximate surface area is 164 Å². The van der Waals surface area contributed by atoms with Gasteiger partial charge >= 0.3 is 5.97 Å². The summed E-state index contributed by atoms with van der Waals surface area (Å²) in [6, 6.07) is 9.28. The number of carbonyl (C=O) groups excluding carboxylic acids is 1. The zero-order chi connectivity index (χ0) is 19.7. The maximum Gasteiger partial charge on any atom is 0.357 e. The van der Waals surface area contributed by atoms with E-state index in [1.54, 1.807) is 11.5 Å². The first kappa shape index (κ1) is 21.3. The smallest absolute Gasteiger partial charge is 0.357 e. The summed E-state index contributed by atoms with van der Waals surface area (Å²) in [7, 11) is -2.32. The predicted octanol–water partition coefficient (Wildman–Crippen LogP) is 3.92. The molecule has 0 fully saturated rings. The van der Waals surface area contributed by atoms with Gasteiger partial charge in [0, 0.05) is 17.3 Å². The van der Waals surface area contributed by atoms with Crippen molar-refractivity contribution in [2.24, 2.45) is 0 Å². The summed E-state index contributed by atoms with van der Waals surface area (Å²) in [5.74, 6) is -0.526. The van der Waals surface area contributed by atoms with Crippen molar-refractivity contribution in [3.05, 3.63) is 57.4 Å². The van der Waals surface area contributed by atoms with E-state index in [1.807, 2.05) is 30.3 Å². The predicted molar refractivity (Wildman–Crippen MR) is 108 cm³/mol. The van der Waals surface area contributed by atoms with Gasteiger partial charge in [-0.3, -0.25) is 0 Å². The molecule has 0 radical (unpaired) electrons. The molecule has 1 aromatic carbocycles. The van der Waals surface area contributed by atoms with Crippen molar-refractivity contribution < 1.29 is 17.9 Å². The molecule has 2 rings (SSSR count). The number of aromatic nitrogens is 1. The van der Waals surface area contributed by atoms with Gasteiger partial charge in [-0.1, -0.05) is 50.1 Å². The maximum atomic E-state index is 12.8. The number of esters is 1. The molecule has 1 aromatic heterocycles. The van der Waals surface area contributed by atoms with Crippen LogP contribution in [0.25, 0.3) is 6.08 Å². The molecule has 0 aliphatic carbocycles. The molecule has 0 spiro atoms. The summed E-state index contributed by atoms with van der Waals surface area (Å²) in [4.78, 5) is 15.8. The van der Waals surface area contributed by atoms with Gasteiger partial charge in [0.05, 0.1) is 13.7 Å². The van der Waals surface area contributed by atoms with E-state index in [0.717, 1.165) is 24.8 Å². The van der Waals surface area contributed by atoms with Crippen LogP contribution in [0.2, 0.25) is 0 Å². The largest absolute Gasteiger partial charge is 0.464 e. The quantitative estimate of drug-likeness (QED) is 0.440. The highest BCUT2D eigenvalue weighted by molar-refractivity contribution is 7.92. The number of methoxy groups -OCH3 is 1. The molecule has 0 amide bonds. The van der Waals surface area contributed by atoms with Crippen LogP contribution in [0.3, 0.4) is 0 Å². The molecule has 0 bridgehead atoms. The van der Waals surface area contributed by atoms with E-state index in [9.17, 15) is 13.2 Å². The van der Waals surface area contributed by atoms with Crippen LogP contribution >= 0.6 is 11.3 Å². The van der Waals surface area contributed by atoms with Crippen LogP contribution in [0.5, 0.6) is 0 Å². The molecule has 2 aromatic rings. The summed E-state index contributed by atoms with van der Waals surface area (Å²) in [6.07, 6.45) is 4.30. The summed E-state index contributed by atoms with van der Waals surface area (Å²) in [5, 5.41) is 3.37. The van der Waals surface area contributed by atoms with Crippen molar-refractivity contribution in [1.29, 1.82) is 0 Å². The molecule has 0 aliphatic rings. The maximum absolute atomic E-state index is 12.8. The van der Waals surface area contributed by atoms with Crippen molar-refractivity contribution in [2.45, 2.75) is 32.7 Å². The SMILES string of the molecule is CCCCCN(Cc1nc(C(=O)OC)cs1)S(=O)(=O)/C=C/c1ccccc1. The fourth-order valence-corrected chi connectivity index (χ4v) is 4.43. The molecular weight excluding hydrogens is 384 g/mol. The van der Waals surface area contributed by atoms with Gasteiger partial charge in [0.2, 0.25) is 10.0 Å². The van der Waals surface area contributed by atoms with Gasteiger partial charge in [-0.25, -0.2) is 18.2 Å². The number of nitrogens with zero attached hydrogens (tertiary/aromatic N) is 2. The number of rotatable bonds is 10. The highest BCUT2D eigenvalue weighted by Gasteiger charge is 2.21. The van der Waals surface area contributed by atoms with Crippen LogP contribution in [-0.4, -0.2) is 37.3 Å². The molecule has 0 N–H and O–H groups in total. The average molecular weight is 409 g/mol. The van der Waals surface area contributed by atoms with Crippen LogP contribution in [0.15, 0.2) is 41.1 Å².